The van der Waals surface area contributed by atoms with Gasteiger partial charge in [0.15, 0.2) is 0 Å². The van der Waals surface area contributed by atoms with Crippen LogP contribution in [0.3, 0.4) is 0 Å². The van der Waals surface area contributed by atoms with Gasteiger partial charge in [0.25, 0.3) is 0 Å². The molecule has 7 heteroatoms. The van der Waals surface area contributed by atoms with E-state index in [0.717, 1.165) is 0 Å². The third-order valence-corrected chi connectivity index (χ3v) is 4.54. The topological polar surface area (TPSA) is 80.9 Å². The molecule has 2 rings (SSSR count). The first kappa shape index (κ1) is 43.7. The fourth-order valence-corrected chi connectivity index (χ4v) is 3.44. The van der Waals surface area contributed by atoms with E-state index in [1.165, 1.54) is 10.6 Å². The Morgan fingerprint density at radius 1 is 0.588 bits per heavy atom. The van der Waals surface area contributed by atoms with Gasteiger partial charge in [0.1, 0.15) is 0 Å². The van der Waals surface area contributed by atoms with Crippen molar-refractivity contribution < 1.29 is 61.0 Å². The van der Waals surface area contributed by atoms with Crippen molar-refractivity contribution in [2.45, 2.75) is 79.8 Å². The molecule has 0 aliphatic rings. The molecular formula is C27H46LiO4PTi. The molecule has 0 aliphatic heterocycles. The van der Waals surface area contributed by atoms with E-state index in [1.54, 1.807) is 55.4 Å². The van der Waals surface area contributed by atoms with E-state index in [2.05, 4.69) is 73.4 Å². The van der Waals surface area contributed by atoms with Crippen molar-refractivity contribution in [2.24, 2.45) is 0 Å². The minimum absolute atomic E-state index is 0. The van der Waals surface area contributed by atoms with E-state index in [1.807, 2.05) is 6.08 Å². The summed E-state index contributed by atoms with van der Waals surface area (Å²) >= 11 is 0. The van der Waals surface area contributed by atoms with Crippen LogP contribution in [-0.2, 0) is 21.7 Å². The minimum atomic E-state index is -0.394. The maximum Gasteiger partial charge on any atom is 1.00 e. The quantitative estimate of drug-likeness (QED) is 0.284. The SMILES string of the molecule is CC(C)O.CC(C)O.CC(C)O.CC(C)O.[CH2-]/C=C/P(c1ccccc1)c1ccccc1.[Li+].[Ti]. The summed E-state index contributed by atoms with van der Waals surface area (Å²) < 4.78 is 0. The zero-order chi connectivity index (χ0) is 25.5. The Bertz CT molecular complexity index is 565. The van der Waals surface area contributed by atoms with Gasteiger partial charge in [-0.1, -0.05) is 60.7 Å². The molecule has 34 heavy (non-hydrogen) atoms. The molecule has 0 saturated heterocycles. The van der Waals surface area contributed by atoms with E-state index >= 15 is 0 Å². The van der Waals surface area contributed by atoms with Gasteiger partial charge in [0.2, 0.25) is 0 Å². The second-order valence-electron chi connectivity index (χ2n) is 7.80. The molecule has 0 radical (unpaired) electrons. The monoisotopic (exact) mass is 520 g/mol. The number of aliphatic hydroxyl groups is 4. The predicted molar refractivity (Wildman–Crippen MR) is 143 cm³/mol. The molecule has 0 spiro atoms. The Kier molecular flexibility index (Phi) is 39.4. The van der Waals surface area contributed by atoms with Crippen LogP contribution in [0.15, 0.2) is 72.6 Å². The number of hydrogen-bond donors (Lipinski definition) is 4. The van der Waals surface area contributed by atoms with Gasteiger partial charge >= 0.3 is 18.9 Å². The molecule has 0 fully saturated rings. The molecule has 0 aliphatic carbocycles. The van der Waals surface area contributed by atoms with Crippen molar-refractivity contribution in [3.05, 3.63) is 79.5 Å². The molecule has 0 unspecified atom stereocenters. The van der Waals surface area contributed by atoms with Crippen molar-refractivity contribution >= 4 is 18.5 Å². The van der Waals surface area contributed by atoms with E-state index in [9.17, 15) is 0 Å². The van der Waals surface area contributed by atoms with Crippen molar-refractivity contribution in [3.8, 4) is 0 Å². The molecular weight excluding hydrogens is 474 g/mol. The zero-order valence-corrected chi connectivity index (χ0v) is 25.1. The number of allylic oxidation sites excluding steroid dienone is 1. The molecule has 0 heterocycles. The fraction of sp³-hybridized carbons (Fsp3) is 0.444. The maximum atomic E-state index is 8.06. The molecule has 2 aromatic rings. The fourth-order valence-electron chi connectivity index (χ4n) is 1.60. The predicted octanol–water partition coefficient (Wildman–Crippen LogP) is 2.02. The second kappa shape index (κ2) is 30.7. The summed E-state index contributed by atoms with van der Waals surface area (Å²) in [7, 11) is -0.394. The second-order valence-corrected chi connectivity index (χ2v) is 9.87. The number of hydrogen-bond acceptors (Lipinski definition) is 4. The van der Waals surface area contributed by atoms with Crippen LogP contribution in [0.4, 0.5) is 0 Å². The van der Waals surface area contributed by atoms with Crippen LogP contribution in [0.2, 0.25) is 0 Å². The van der Waals surface area contributed by atoms with Gasteiger partial charge < -0.3 is 20.4 Å². The van der Waals surface area contributed by atoms with Crippen LogP contribution >= 0.6 is 7.92 Å². The Labute approximate surface area is 237 Å². The Hall–Kier alpha value is -0.368. The first-order valence-corrected chi connectivity index (χ1v) is 12.3. The van der Waals surface area contributed by atoms with Gasteiger partial charge in [0, 0.05) is 46.1 Å². The van der Waals surface area contributed by atoms with Crippen molar-refractivity contribution in [1.82, 2.24) is 0 Å². The van der Waals surface area contributed by atoms with Gasteiger partial charge in [0.05, 0.1) is 0 Å². The zero-order valence-electron chi connectivity index (χ0n) is 22.7. The first-order valence-electron chi connectivity index (χ1n) is 10.9. The first-order chi connectivity index (χ1) is 14.8. The molecule has 2 aromatic carbocycles. The Morgan fingerprint density at radius 3 is 0.971 bits per heavy atom. The van der Waals surface area contributed by atoms with Gasteiger partial charge in [-0.25, -0.2) is 13.0 Å². The van der Waals surface area contributed by atoms with Crippen molar-refractivity contribution in [3.63, 3.8) is 0 Å². The summed E-state index contributed by atoms with van der Waals surface area (Å²) in [6.07, 6.45) is 1.23. The van der Waals surface area contributed by atoms with Crippen LogP contribution in [0.1, 0.15) is 55.4 Å². The number of rotatable bonds is 3. The Balaban J connectivity index is -0.000000130. The molecule has 0 bridgehead atoms. The molecule has 0 amide bonds. The van der Waals surface area contributed by atoms with Crippen molar-refractivity contribution in [1.29, 1.82) is 0 Å². The van der Waals surface area contributed by atoms with E-state index in [-0.39, 0.29) is 65.0 Å². The number of benzene rings is 2. The normalized spacial score (nSPS) is 9.44. The van der Waals surface area contributed by atoms with Crippen LogP contribution < -0.4 is 29.5 Å². The van der Waals surface area contributed by atoms with E-state index < -0.39 is 7.92 Å². The van der Waals surface area contributed by atoms with E-state index in [0.29, 0.717) is 0 Å². The molecule has 4 N–H and O–H groups in total. The van der Waals surface area contributed by atoms with Crippen LogP contribution in [0.5, 0.6) is 0 Å². The molecule has 0 aromatic heterocycles. The van der Waals surface area contributed by atoms with Crippen molar-refractivity contribution in [2.75, 3.05) is 0 Å². The van der Waals surface area contributed by atoms with Crippen LogP contribution in [0, 0.1) is 6.92 Å². The third-order valence-electron chi connectivity index (χ3n) is 2.32. The third kappa shape index (κ3) is 41.8. The average Bonchev–Trinajstić information content (AvgIpc) is 2.66. The van der Waals surface area contributed by atoms with Crippen LogP contribution in [0.25, 0.3) is 0 Å². The van der Waals surface area contributed by atoms with Gasteiger partial charge in [-0.15, -0.1) is 7.92 Å². The Morgan fingerprint density at radius 2 is 0.794 bits per heavy atom. The molecule has 188 valence electrons. The summed E-state index contributed by atoms with van der Waals surface area (Å²) in [5, 5.41) is 35.0. The molecule has 4 nitrogen and oxygen atoms in total. The summed E-state index contributed by atoms with van der Waals surface area (Å²) in [4.78, 5) is 0. The largest absolute Gasteiger partial charge is 1.00 e. The van der Waals surface area contributed by atoms with Gasteiger partial charge in [-0.05, 0) is 66.0 Å². The van der Waals surface area contributed by atoms with Crippen LogP contribution in [-0.4, -0.2) is 44.8 Å². The smallest absolute Gasteiger partial charge is 0.394 e. The van der Waals surface area contributed by atoms with Gasteiger partial charge in [-0.3, -0.25) is 0 Å². The standard InChI is InChI=1S/C15H14P.4C3H8O.Li.Ti/c1-2-13-16(14-9-5-3-6-10-14)15-11-7-4-8-12-15;4*1-3(2)4;;/h2-13H,1H2;4*3-4H,1-2H3;;/q-1;;;;;+1;/b13-2+;;;;;;. The maximum absolute atomic E-state index is 8.06. The summed E-state index contributed by atoms with van der Waals surface area (Å²) in [5.74, 6) is 2.19. The summed E-state index contributed by atoms with van der Waals surface area (Å²) in [6, 6.07) is 21.2. The van der Waals surface area contributed by atoms with E-state index in [4.69, 9.17) is 20.4 Å². The number of aliphatic hydroxyl groups excluding tert-OH is 4. The molecule has 0 saturated carbocycles. The van der Waals surface area contributed by atoms with Gasteiger partial charge in [-0.2, -0.15) is 5.82 Å². The summed E-state index contributed by atoms with van der Waals surface area (Å²) in [6.45, 7) is 17.6. The molecule has 0 atom stereocenters. The summed E-state index contributed by atoms with van der Waals surface area (Å²) in [5.41, 5.74) is 0. The average molecular weight is 520 g/mol. The minimum Gasteiger partial charge on any atom is -0.394 e.